The molecule has 0 atom stereocenters. The van der Waals surface area contributed by atoms with Crippen molar-refractivity contribution in [3.8, 4) is 5.75 Å². The van der Waals surface area contributed by atoms with E-state index in [1.165, 1.54) is 12.1 Å². The number of halogens is 3. The Morgan fingerprint density at radius 1 is 1.11 bits per heavy atom. The van der Waals surface area contributed by atoms with Crippen molar-refractivity contribution in [1.29, 1.82) is 0 Å². The minimum absolute atomic E-state index is 0.170. The summed E-state index contributed by atoms with van der Waals surface area (Å²) >= 11 is 0. The molecule has 1 heterocycles. The van der Waals surface area contributed by atoms with Crippen molar-refractivity contribution in [3.05, 3.63) is 24.3 Å². The van der Waals surface area contributed by atoms with Gasteiger partial charge < -0.3 is 9.64 Å². The molecule has 1 fully saturated rings. The molecule has 0 aliphatic carbocycles. The molecule has 0 amide bonds. The average Bonchev–Trinajstić information content (AvgIpc) is 2.29. The Morgan fingerprint density at radius 3 is 2.17 bits per heavy atom. The Bertz CT molecular complexity index is 380. The van der Waals surface area contributed by atoms with E-state index in [4.69, 9.17) is 0 Å². The van der Waals surface area contributed by atoms with Crippen LogP contribution in [-0.4, -0.2) is 19.5 Å². The van der Waals surface area contributed by atoms with Gasteiger partial charge in [-0.1, -0.05) is 6.92 Å². The van der Waals surface area contributed by atoms with Crippen LogP contribution in [0.15, 0.2) is 24.3 Å². The highest BCUT2D eigenvalue weighted by atomic mass is 19.4. The molecular weight excluding hydrogens is 243 g/mol. The van der Waals surface area contributed by atoms with E-state index < -0.39 is 6.36 Å². The largest absolute Gasteiger partial charge is 0.573 e. The van der Waals surface area contributed by atoms with Gasteiger partial charge in [0.15, 0.2) is 0 Å². The van der Waals surface area contributed by atoms with Gasteiger partial charge in [-0.2, -0.15) is 0 Å². The van der Waals surface area contributed by atoms with E-state index in [2.05, 4.69) is 16.6 Å². The van der Waals surface area contributed by atoms with Crippen LogP contribution in [0.4, 0.5) is 18.9 Å². The van der Waals surface area contributed by atoms with Crippen molar-refractivity contribution in [1.82, 2.24) is 0 Å². The number of piperidine rings is 1. The van der Waals surface area contributed by atoms with Crippen LogP contribution in [0.5, 0.6) is 5.75 Å². The van der Waals surface area contributed by atoms with Gasteiger partial charge in [0.05, 0.1) is 0 Å². The predicted octanol–water partition coefficient (Wildman–Crippen LogP) is 3.82. The molecule has 100 valence electrons. The zero-order valence-corrected chi connectivity index (χ0v) is 10.2. The molecule has 0 unspecified atom stereocenters. The van der Waals surface area contributed by atoms with Crippen LogP contribution in [-0.2, 0) is 0 Å². The number of nitrogens with zero attached hydrogens (tertiary/aromatic N) is 1. The number of ether oxygens (including phenoxy) is 1. The summed E-state index contributed by atoms with van der Waals surface area (Å²) < 4.78 is 39.9. The Balaban J connectivity index is 1.99. The summed E-state index contributed by atoms with van der Waals surface area (Å²) in [7, 11) is 0. The third-order valence-corrected chi connectivity index (χ3v) is 3.22. The summed E-state index contributed by atoms with van der Waals surface area (Å²) in [5.74, 6) is 0.561. The van der Waals surface area contributed by atoms with Crippen LogP contribution in [0.1, 0.15) is 19.8 Å². The maximum Gasteiger partial charge on any atom is 0.573 e. The van der Waals surface area contributed by atoms with Crippen LogP contribution in [0, 0.1) is 5.92 Å². The summed E-state index contributed by atoms with van der Waals surface area (Å²) in [5, 5.41) is 0. The lowest BCUT2D eigenvalue weighted by Gasteiger charge is -2.32. The molecule has 2 nitrogen and oxygen atoms in total. The first-order chi connectivity index (χ1) is 8.44. The maximum atomic E-state index is 12.0. The number of alkyl halides is 3. The highest BCUT2D eigenvalue weighted by Gasteiger charge is 2.31. The molecule has 1 aliphatic heterocycles. The van der Waals surface area contributed by atoms with Crippen molar-refractivity contribution >= 4 is 5.69 Å². The van der Waals surface area contributed by atoms with Crippen LogP contribution in [0.25, 0.3) is 0 Å². The average molecular weight is 259 g/mol. The van der Waals surface area contributed by atoms with Crippen LogP contribution >= 0.6 is 0 Å². The molecule has 5 heteroatoms. The smallest absolute Gasteiger partial charge is 0.406 e. The lowest BCUT2D eigenvalue weighted by Crippen LogP contribution is -2.32. The van der Waals surface area contributed by atoms with E-state index in [0.717, 1.165) is 37.5 Å². The van der Waals surface area contributed by atoms with Crippen molar-refractivity contribution in [2.24, 2.45) is 5.92 Å². The zero-order chi connectivity index (χ0) is 13.2. The van der Waals surface area contributed by atoms with Gasteiger partial charge >= 0.3 is 6.36 Å². The second-order valence-electron chi connectivity index (χ2n) is 4.71. The quantitative estimate of drug-likeness (QED) is 0.800. The molecule has 0 aromatic heterocycles. The van der Waals surface area contributed by atoms with E-state index in [0.29, 0.717) is 0 Å². The first kappa shape index (κ1) is 13.1. The van der Waals surface area contributed by atoms with E-state index in [1.807, 2.05) is 0 Å². The third-order valence-electron chi connectivity index (χ3n) is 3.22. The first-order valence-electron chi connectivity index (χ1n) is 6.05. The molecule has 1 aliphatic rings. The molecule has 0 bridgehead atoms. The van der Waals surface area contributed by atoms with Crippen LogP contribution < -0.4 is 9.64 Å². The van der Waals surface area contributed by atoms with Crippen molar-refractivity contribution in [2.45, 2.75) is 26.1 Å². The summed E-state index contributed by atoms with van der Waals surface area (Å²) in [6, 6.07) is 6.08. The lowest BCUT2D eigenvalue weighted by atomic mass is 9.99. The van der Waals surface area contributed by atoms with E-state index in [1.54, 1.807) is 12.1 Å². The van der Waals surface area contributed by atoms with Crippen molar-refractivity contribution in [2.75, 3.05) is 18.0 Å². The topological polar surface area (TPSA) is 12.5 Å². The molecule has 1 aromatic rings. The highest BCUT2D eigenvalue weighted by Crippen LogP contribution is 2.27. The zero-order valence-electron chi connectivity index (χ0n) is 10.2. The summed E-state index contributed by atoms with van der Waals surface area (Å²) in [4.78, 5) is 2.19. The number of anilines is 1. The van der Waals surface area contributed by atoms with Gasteiger partial charge in [-0.25, -0.2) is 0 Å². The third kappa shape index (κ3) is 3.55. The fourth-order valence-corrected chi connectivity index (χ4v) is 2.13. The van der Waals surface area contributed by atoms with Gasteiger partial charge in [0, 0.05) is 18.8 Å². The Kier molecular flexibility index (Phi) is 3.68. The van der Waals surface area contributed by atoms with Gasteiger partial charge in [-0.05, 0) is 43.0 Å². The molecule has 1 aromatic carbocycles. The first-order valence-corrected chi connectivity index (χ1v) is 6.05. The monoisotopic (exact) mass is 259 g/mol. The molecule has 18 heavy (non-hydrogen) atoms. The number of hydrogen-bond donors (Lipinski definition) is 0. The molecular formula is C13H16F3NO. The standard InChI is InChI=1S/C13H16F3NO/c1-10-6-8-17(9-7-10)11-2-4-12(5-3-11)18-13(14,15)16/h2-5,10H,6-9H2,1H3. The Morgan fingerprint density at radius 2 is 1.67 bits per heavy atom. The SMILES string of the molecule is CC1CCN(c2ccc(OC(F)(F)F)cc2)CC1. The van der Waals surface area contributed by atoms with Crippen molar-refractivity contribution in [3.63, 3.8) is 0 Å². The maximum absolute atomic E-state index is 12.0. The minimum atomic E-state index is -4.62. The van der Waals surface area contributed by atoms with E-state index in [-0.39, 0.29) is 5.75 Å². The summed E-state index contributed by atoms with van der Waals surface area (Å²) in [6.45, 7) is 4.14. The summed E-state index contributed by atoms with van der Waals surface area (Å²) in [6.07, 6.45) is -2.37. The van der Waals surface area contributed by atoms with Gasteiger partial charge in [0.25, 0.3) is 0 Å². The van der Waals surface area contributed by atoms with Crippen molar-refractivity contribution < 1.29 is 17.9 Å². The molecule has 0 saturated carbocycles. The molecule has 2 rings (SSSR count). The van der Waals surface area contributed by atoms with Crippen LogP contribution in [0.2, 0.25) is 0 Å². The predicted molar refractivity (Wildman–Crippen MR) is 63.7 cm³/mol. The van der Waals surface area contributed by atoms with Crippen LogP contribution in [0.3, 0.4) is 0 Å². The normalized spacial score (nSPS) is 17.9. The minimum Gasteiger partial charge on any atom is -0.406 e. The Labute approximate surface area is 104 Å². The second kappa shape index (κ2) is 5.08. The fourth-order valence-electron chi connectivity index (χ4n) is 2.13. The molecule has 1 saturated heterocycles. The number of hydrogen-bond acceptors (Lipinski definition) is 2. The number of rotatable bonds is 2. The molecule has 0 N–H and O–H groups in total. The highest BCUT2D eigenvalue weighted by molar-refractivity contribution is 5.49. The van der Waals surface area contributed by atoms with E-state index >= 15 is 0 Å². The lowest BCUT2D eigenvalue weighted by molar-refractivity contribution is -0.274. The second-order valence-corrected chi connectivity index (χ2v) is 4.71. The van der Waals surface area contributed by atoms with Gasteiger partial charge in [0.2, 0.25) is 0 Å². The van der Waals surface area contributed by atoms with Gasteiger partial charge in [-0.3, -0.25) is 0 Å². The molecule has 0 spiro atoms. The molecule has 0 radical (unpaired) electrons. The Hall–Kier alpha value is -1.39. The summed E-state index contributed by atoms with van der Waals surface area (Å²) in [5.41, 5.74) is 0.955. The number of benzene rings is 1. The van der Waals surface area contributed by atoms with E-state index in [9.17, 15) is 13.2 Å². The van der Waals surface area contributed by atoms with Gasteiger partial charge in [-0.15, -0.1) is 13.2 Å². The fraction of sp³-hybridized carbons (Fsp3) is 0.538. The van der Waals surface area contributed by atoms with Gasteiger partial charge in [0.1, 0.15) is 5.75 Å².